The number of pyridine rings is 1. The van der Waals surface area contributed by atoms with Crippen molar-refractivity contribution in [3.63, 3.8) is 0 Å². The number of halogens is 2. The number of benzene rings is 3. The van der Waals surface area contributed by atoms with Gasteiger partial charge in [0.1, 0.15) is 0 Å². The molecule has 9 heteroatoms. The van der Waals surface area contributed by atoms with Gasteiger partial charge in [-0.2, -0.15) is 4.57 Å². The van der Waals surface area contributed by atoms with Crippen LogP contribution in [0.1, 0.15) is 15.9 Å². The van der Waals surface area contributed by atoms with Crippen molar-refractivity contribution in [2.45, 2.75) is 19.4 Å². The van der Waals surface area contributed by atoms with E-state index in [0.717, 1.165) is 63.0 Å². The van der Waals surface area contributed by atoms with Crippen molar-refractivity contribution in [2.75, 3.05) is 21.0 Å². The van der Waals surface area contributed by atoms with E-state index < -0.39 is 0 Å². The maximum atomic E-state index is 13.9. The van der Waals surface area contributed by atoms with Crippen LogP contribution < -0.4 is 47.5 Å². The summed E-state index contributed by atoms with van der Waals surface area (Å²) >= 11 is 6.19. The number of carbonyl (C=O) groups excluding carboxylic acids is 1. The minimum atomic E-state index is -0.0414. The molecule has 0 atom stereocenters. The second-order valence-electron chi connectivity index (χ2n) is 9.48. The quantitative estimate of drug-likeness (QED) is 0.220. The Bertz CT molecular complexity index is 1800. The molecule has 0 fully saturated rings. The van der Waals surface area contributed by atoms with Gasteiger partial charge in [-0.25, -0.2) is 0 Å². The predicted octanol–water partition coefficient (Wildman–Crippen LogP) is 2.59. The number of ether oxygens (including phenoxy) is 4. The number of fused-ring (bicyclic) bond motifs is 6. The molecule has 5 aromatic rings. The van der Waals surface area contributed by atoms with E-state index in [-0.39, 0.29) is 43.1 Å². The van der Waals surface area contributed by atoms with E-state index in [2.05, 4.69) is 16.8 Å². The van der Waals surface area contributed by atoms with Crippen LogP contribution in [0, 0.1) is 0 Å². The number of hydrogen-bond acceptors (Lipinski definition) is 5. The zero-order chi connectivity index (χ0) is 26.0. The van der Waals surface area contributed by atoms with Crippen LogP contribution in [0.15, 0.2) is 60.9 Å². The maximum absolute atomic E-state index is 13.9. The average molecular weight is 655 g/mol. The van der Waals surface area contributed by atoms with Gasteiger partial charge in [0, 0.05) is 34.0 Å². The summed E-state index contributed by atoms with van der Waals surface area (Å²) in [5.74, 6) is 2.73. The Morgan fingerprint density at radius 2 is 1.85 bits per heavy atom. The van der Waals surface area contributed by atoms with Crippen molar-refractivity contribution in [1.29, 1.82) is 0 Å². The van der Waals surface area contributed by atoms with Gasteiger partial charge in [-0.1, -0.05) is 11.6 Å². The topological polar surface area (TPSA) is 62.8 Å². The summed E-state index contributed by atoms with van der Waals surface area (Å²) in [4.78, 5) is 13.9. The van der Waals surface area contributed by atoms with Crippen molar-refractivity contribution in [3.8, 4) is 34.3 Å². The number of methoxy groups -OCH3 is 2. The summed E-state index contributed by atoms with van der Waals surface area (Å²) in [6.45, 7) is 0.966. The highest BCUT2D eigenvalue weighted by atomic mass is 127. The highest BCUT2D eigenvalue weighted by Gasteiger charge is 2.33. The third kappa shape index (κ3) is 4.08. The molecule has 7 nitrogen and oxygen atoms in total. The van der Waals surface area contributed by atoms with E-state index in [9.17, 15) is 4.79 Å². The van der Waals surface area contributed by atoms with Crippen LogP contribution in [-0.2, 0) is 19.4 Å². The minimum Gasteiger partial charge on any atom is -1.00 e. The van der Waals surface area contributed by atoms with Gasteiger partial charge in [-0.3, -0.25) is 9.36 Å². The molecule has 2 aromatic heterocycles. The fourth-order valence-corrected chi connectivity index (χ4v) is 5.94. The summed E-state index contributed by atoms with van der Waals surface area (Å²) in [5.41, 5.74) is 4.96. The standard InChI is InChI=1S/C30H24ClN2O5.HI/c1-35-25-6-4-20-22(14-28(34)33-10-8-18-11-19(31)3-5-24(18)33)29-21-13-27-26(37-16-38-27)12-17(21)7-9-32(29)15-23(20)30(25)36-2;/h3-6,8,10-13,15H,7,9,14,16H2,1-2H3;1H/q+1;/p-1. The van der Waals surface area contributed by atoms with Crippen molar-refractivity contribution < 1.29 is 52.3 Å². The first-order valence-corrected chi connectivity index (χ1v) is 12.8. The Labute approximate surface area is 246 Å². The number of aryl methyl sites for hydroxylation is 2. The van der Waals surface area contributed by atoms with Crippen LogP contribution in [0.4, 0.5) is 0 Å². The molecule has 2 aliphatic heterocycles. The molecule has 7 rings (SSSR count). The Balaban J connectivity index is 0.00000277. The van der Waals surface area contributed by atoms with E-state index in [1.807, 2.05) is 42.6 Å². The minimum absolute atomic E-state index is 0. The van der Waals surface area contributed by atoms with E-state index in [1.54, 1.807) is 24.9 Å². The molecular weight excluding hydrogens is 631 g/mol. The first kappa shape index (κ1) is 25.8. The van der Waals surface area contributed by atoms with Gasteiger partial charge >= 0.3 is 0 Å². The smallest absolute Gasteiger partial charge is 0.235 e. The Morgan fingerprint density at radius 3 is 2.64 bits per heavy atom. The SMILES string of the molecule is COc1ccc2c(CC(=O)n3ccc4cc(Cl)ccc43)c3[n+](cc2c1OC)CCc1cc2c(cc1-3)OCO2.[I-]. The fraction of sp³-hybridized carbons (Fsp3) is 0.200. The van der Waals surface area contributed by atoms with Gasteiger partial charge in [0.05, 0.1) is 37.1 Å². The lowest BCUT2D eigenvalue weighted by Gasteiger charge is -2.21. The van der Waals surface area contributed by atoms with Gasteiger partial charge in [0.15, 0.2) is 35.7 Å². The zero-order valence-electron chi connectivity index (χ0n) is 21.3. The largest absolute Gasteiger partial charge is 1.00 e. The number of nitrogens with zero attached hydrogens (tertiary/aromatic N) is 2. The number of hydrogen-bond donors (Lipinski definition) is 0. The summed E-state index contributed by atoms with van der Waals surface area (Å²) in [6, 6.07) is 15.5. The lowest BCUT2D eigenvalue weighted by atomic mass is 9.89. The van der Waals surface area contributed by atoms with Gasteiger partial charge in [0.2, 0.25) is 18.4 Å². The molecular formula is C30H24ClIN2O5. The highest BCUT2D eigenvalue weighted by molar-refractivity contribution is 6.31. The molecule has 0 saturated carbocycles. The normalized spacial score (nSPS) is 13.1. The molecule has 0 saturated heterocycles. The summed E-state index contributed by atoms with van der Waals surface area (Å²) in [6.07, 6.45) is 4.92. The van der Waals surface area contributed by atoms with Crippen LogP contribution in [0.25, 0.3) is 32.9 Å². The fourth-order valence-electron chi connectivity index (χ4n) is 5.76. The van der Waals surface area contributed by atoms with E-state index in [0.29, 0.717) is 16.5 Å². The Morgan fingerprint density at radius 1 is 1.03 bits per heavy atom. The number of carbonyl (C=O) groups is 1. The molecule has 0 unspecified atom stereocenters. The maximum Gasteiger partial charge on any atom is 0.235 e. The lowest BCUT2D eigenvalue weighted by Crippen LogP contribution is -3.00. The Hall–Kier alpha value is -3.50. The molecule has 3 aromatic carbocycles. The molecule has 0 amide bonds. The summed E-state index contributed by atoms with van der Waals surface area (Å²) < 4.78 is 26.7. The lowest BCUT2D eigenvalue weighted by molar-refractivity contribution is -0.686. The molecule has 4 heterocycles. The van der Waals surface area contributed by atoms with Crippen molar-refractivity contribution >= 4 is 39.2 Å². The summed E-state index contributed by atoms with van der Waals surface area (Å²) in [7, 11) is 3.27. The first-order valence-electron chi connectivity index (χ1n) is 12.4. The third-order valence-corrected chi connectivity index (χ3v) is 7.73. The van der Waals surface area contributed by atoms with Gasteiger partial charge in [-0.15, -0.1) is 0 Å². The molecule has 2 aliphatic rings. The number of rotatable bonds is 4. The molecule has 0 N–H and O–H groups in total. The molecule has 39 heavy (non-hydrogen) atoms. The Kier molecular flexibility index (Phi) is 6.55. The monoisotopic (exact) mass is 654 g/mol. The van der Waals surface area contributed by atoms with Gasteiger partial charge in [0.25, 0.3) is 0 Å². The van der Waals surface area contributed by atoms with Crippen molar-refractivity contribution in [3.05, 3.63) is 77.1 Å². The van der Waals surface area contributed by atoms with Crippen LogP contribution in [0.2, 0.25) is 5.02 Å². The molecule has 0 bridgehead atoms. The first-order chi connectivity index (χ1) is 18.6. The van der Waals surface area contributed by atoms with Crippen LogP contribution in [0.5, 0.6) is 23.0 Å². The second kappa shape index (κ2) is 9.91. The predicted molar refractivity (Wildman–Crippen MR) is 144 cm³/mol. The average Bonchev–Trinajstić information content (AvgIpc) is 3.57. The third-order valence-electron chi connectivity index (χ3n) is 7.49. The van der Waals surface area contributed by atoms with Crippen LogP contribution in [-0.4, -0.2) is 31.5 Å². The highest BCUT2D eigenvalue weighted by Crippen LogP contribution is 2.43. The molecule has 198 valence electrons. The van der Waals surface area contributed by atoms with Crippen LogP contribution >= 0.6 is 11.6 Å². The van der Waals surface area contributed by atoms with Crippen LogP contribution in [0.3, 0.4) is 0 Å². The molecule has 0 aliphatic carbocycles. The van der Waals surface area contributed by atoms with Gasteiger partial charge < -0.3 is 42.9 Å². The van der Waals surface area contributed by atoms with Crippen molar-refractivity contribution in [1.82, 2.24) is 4.57 Å². The molecule has 0 radical (unpaired) electrons. The zero-order valence-corrected chi connectivity index (χ0v) is 24.2. The van der Waals surface area contributed by atoms with E-state index in [4.69, 9.17) is 30.5 Å². The molecule has 0 spiro atoms. The van der Waals surface area contributed by atoms with E-state index >= 15 is 0 Å². The number of aromatic nitrogens is 2. The second-order valence-corrected chi connectivity index (χ2v) is 9.92. The van der Waals surface area contributed by atoms with Gasteiger partial charge in [-0.05, 0) is 54.1 Å². The van der Waals surface area contributed by atoms with E-state index in [1.165, 1.54) is 5.56 Å². The van der Waals surface area contributed by atoms with Crippen molar-refractivity contribution in [2.24, 2.45) is 0 Å². The summed E-state index contributed by atoms with van der Waals surface area (Å²) in [5, 5.41) is 3.39.